The first-order valence-electron chi connectivity index (χ1n) is 9.27. The van der Waals surface area contributed by atoms with Gasteiger partial charge in [0.1, 0.15) is 17.2 Å². The van der Waals surface area contributed by atoms with Crippen LogP contribution in [0.4, 0.5) is 19.5 Å². The molecule has 0 bridgehead atoms. The molecular weight excluding hydrogens is 382 g/mol. The van der Waals surface area contributed by atoms with Gasteiger partial charge in [0.15, 0.2) is 0 Å². The second-order valence-corrected chi connectivity index (χ2v) is 7.98. The molecule has 2 N–H and O–H groups in total. The molecule has 2 atom stereocenters. The minimum absolute atomic E-state index is 0.167. The lowest BCUT2D eigenvalue weighted by Gasteiger charge is -2.24. The van der Waals surface area contributed by atoms with Crippen LogP contribution in [0.3, 0.4) is 0 Å². The van der Waals surface area contributed by atoms with Crippen LogP contribution in [0.5, 0.6) is 0 Å². The number of hydrogen-bond donors (Lipinski definition) is 2. The molecule has 1 saturated heterocycles. The van der Waals surface area contributed by atoms with E-state index >= 15 is 0 Å². The molecule has 7 nitrogen and oxygen atoms in total. The number of benzene rings is 1. The van der Waals surface area contributed by atoms with Crippen LogP contribution < -0.4 is 10.2 Å². The number of anilines is 1. The lowest BCUT2D eigenvalue weighted by atomic mass is 9.94. The van der Waals surface area contributed by atoms with Crippen molar-refractivity contribution in [2.75, 3.05) is 18.0 Å². The zero-order valence-electron chi connectivity index (χ0n) is 16.5. The van der Waals surface area contributed by atoms with Gasteiger partial charge in [0, 0.05) is 37.0 Å². The van der Waals surface area contributed by atoms with E-state index in [-0.39, 0.29) is 18.7 Å². The van der Waals surface area contributed by atoms with Crippen LogP contribution in [0.15, 0.2) is 30.6 Å². The predicted molar refractivity (Wildman–Crippen MR) is 102 cm³/mol. The third kappa shape index (κ3) is 5.17. The van der Waals surface area contributed by atoms with E-state index in [9.17, 15) is 13.6 Å². The summed E-state index contributed by atoms with van der Waals surface area (Å²) in [4.78, 5) is 22.5. The number of aliphatic hydroxyl groups excluding tert-OH is 1. The molecule has 9 heteroatoms. The Bertz CT molecular complexity index is 871. The van der Waals surface area contributed by atoms with Gasteiger partial charge in [-0.25, -0.2) is 23.5 Å². The number of rotatable bonds is 4. The SMILES string of the molecule is CC(C)(C)OC(=O)NC1CN(c2ncc(CO)cn2)CC1c1cc(F)ccc1F. The molecule has 1 fully saturated rings. The first kappa shape index (κ1) is 20.9. The van der Waals surface area contributed by atoms with Crippen molar-refractivity contribution < 1.29 is 23.4 Å². The summed E-state index contributed by atoms with van der Waals surface area (Å²) in [5.74, 6) is -1.26. The smallest absolute Gasteiger partial charge is 0.407 e. The van der Waals surface area contributed by atoms with Gasteiger partial charge in [0.05, 0.1) is 12.6 Å². The fourth-order valence-electron chi connectivity index (χ4n) is 3.28. The number of halogens is 2. The molecule has 2 unspecified atom stereocenters. The second kappa shape index (κ2) is 8.28. The summed E-state index contributed by atoms with van der Waals surface area (Å²) in [6.07, 6.45) is 2.35. The van der Waals surface area contributed by atoms with Gasteiger partial charge in [-0.1, -0.05) is 0 Å². The van der Waals surface area contributed by atoms with Gasteiger partial charge < -0.3 is 20.1 Å². The number of nitrogens with zero attached hydrogens (tertiary/aromatic N) is 3. The molecule has 1 aromatic carbocycles. The van der Waals surface area contributed by atoms with Crippen LogP contribution in [0, 0.1) is 11.6 Å². The van der Waals surface area contributed by atoms with E-state index in [2.05, 4.69) is 15.3 Å². The lowest BCUT2D eigenvalue weighted by molar-refractivity contribution is 0.0504. The number of hydrogen-bond acceptors (Lipinski definition) is 6. The molecule has 2 aromatic rings. The number of alkyl carbamates (subject to hydrolysis) is 1. The van der Waals surface area contributed by atoms with Gasteiger partial charge in [-0.05, 0) is 44.5 Å². The largest absolute Gasteiger partial charge is 0.444 e. The molecule has 0 spiro atoms. The van der Waals surface area contributed by atoms with Gasteiger partial charge in [-0.3, -0.25) is 0 Å². The summed E-state index contributed by atoms with van der Waals surface area (Å²) < 4.78 is 33.5. The Balaban J connectivity index is 1.87. The molecule has 1 aliphatic heterocycles. The molecule has 0 aliphatic carbocycles. The van der Waals surface area contributed by atoms with Crippen molar-refractivity contribution in [3.8, 4) is 0 Å². The molecule has 1 aromatic heterocycles. The molecular formula is C20H24F2N4O3. The van der Waals surface area contributed by atoms with E-state index in [1.54, 1.807) is 25.7 Å². The maximum Gasteiger partial charge on any atom is 0.407 e. The predicted octanol–water partition coefficient (Wildman–Crippen LogP) is 2.74. The molecule has 1 amide bonds. The first-order valence-corrected chi connectivity index (χ1v) is 9.27. The van der Waals surface area contributed by atoms with Crippen molar-refractivity contribution in [2.45, 2.75) is 44.9 Å². The number of aromatic nitrogens is 2. The molecule has 156 valence electrons. The van der Waals surface area contributed by atoms with Crippen LogP contribution in [-0.2, 0) is 11.3 Å². The third-order valence-electron chi connectivity index (χ3n) is 4.54. The van der Waals surface area contributed by atoms with Crippen molar-refractivity contribution in [1.82, 2.24) is 15.3 Å². The fraction of sp³-hybridized carbons (Fsp3) is 0.450. The molecule has 1 aliphatic rings. The van der Waals surface area contributed by atoms with Gasteiger partial charge in [0.25, 0.3) is 0 Å². The summed E-state index contributed by atoms with van der Waals surface area (Å²) in [5, 5.41) is 11.9. The van der Waals surface area contributed by atoms with E-state index in [0.717, 1.165) is 18.2 Å². The average Bonchev–Trinajstić information content (AvgIpc) is 3.05. The van der Waals surface area contributed by atoms with E-state index in [1.807, 2.05) is 0 Å². The number of carbonyl (C=O) groups excluding carboxylic acids is 1. The van der Waals surface area contributed by atoms with E-state index in [4.69, 9.17) is 9.84 Å². The summed E-state index contributed by atoms with van der Waals surface area (Å²) in [6, 6.07) is 2.73. The monoisotopic (exact) mass is 406 g/mol. The fourth-order valence-corrected chi connectivity index (χ4v) is 3.28. The molecule has 3 rings (SSSR count). The zero-order chi connectivity index (χ0) is 21.2. The Labute approximate surface area is 167 Å². The maximum absolute atomic E-state index is 14.4. The summed E-state index contributed by atoms with van der Waals surface area (Å²) in [5.41, 5.74) is 0.0372. The number of aliphatic hydroxyl groups is 1. The average molecular weight is 406 g/mol. The van der Waals surface area contributed by atoms with Gasteiger partial charge in [-0.15, -0.1) is 0 Å². The number of amides is 1. The van der Waals surface area contributed by atoms with Crippen molar-refractivity contribution in [3.63, 3.8) is 0 Å². The molecule has 0 saturated carbocycles. The quantitative estimate of drug-likeness (QED) is 0.812. The normalized spacial score (nSPS) is 19.3. The second-order valence-electron chi connectivity index (χ2n) is 7.98. The Morgan fingerprint density at radius 2 is 1.97 bits per heavy atom. The third-order valence-corrected chi connectivity index (χ3v) is 4.54. The van der Waals surface area contributed by atoms with Crippen LogP contribution in [-0.4, -0.2) is 45.9 Å². The summed E-state index contributed by atoms with van der Waals surface area (Å²) in [6.45, 7) is 5.62. The van der Waals surface area contributed by atoms with E-state index in [1.165, 1.54) is 12.4 Å². The van der Waals surface area contributed by atoms with Crippen molar-refractivity contribution in [2.24, 2.45) is 0 Å². The highest BCUT2D eigenvalue weighted by atomic mass is 19.1. The van der Waals surface area contributed by atoms with Gasteiger partial charge in [0.2, 0.25) is 5.95 Å². The highest BCUT2D eigenvalue weighted by Crippen LogP contribution is 2.32. The topological polar surface area (TPSA) is 87.6 Å². The number of carbonyl (C=O) groups is 1. The molecule has 29 heavy (non-hydrogen) atoms. The summed E-state index contributed by atoms with van der Waals surface area (Å²) >= 11 is 0. The van der Waals surface area contributed by atoms with Crippen molar-refractivity contribution in [3.05, 3.63) is 53.4 Å². The minimum Gasteiger partial charge on any atom is -0.444 e. The van der Waals surface area contributed by atoms with Crippen LogP contribution >= 0.6 is 0 Å². The highest BCUT2D eigenvalue weighted by molar-refractivity contribution is 5.68. The summed E-state index contributed by atoms with van der Waals surface area (Å²) in [7, 11) is 0. The van der Waals surface area contributed by atoms with Gasteiger partial charge >= 0.3 is 6.09 Å². The van der Waals surface area contributed by atoms with Gasteiger partial charge in [-0.2, -0.15) is 0 Å². The first-order chi connectivity index (χ1) is 13.7. The van der Waals surface area contributed by atoms with Crippen LogP contribution in [0.25, 0.3) is 0 Å². The lowest BCUT2D eigenvalue weighted by Crippen LogP contribution is -2.43. The minimum atomic E-state index is -0.689. The van der Waals surface area contributed by atoms with Crippen LogP contribution in [0.1, 0.15) is 37.8 Å². The van der Waals surface area contributed by atoms with Crippen molar-refractivity contribution >= 4 is 12.0 Å². The molecule has 0 radical (unpaired) electrons. The zero-order valence-corrected chi connectivity index (χ0v) is 16.5. The van der Waals surface area contributed by atoms with E-state index < -0.39 is 35.3 Å². The maximum atomic E-state index is 14.4. The Morgan fingerprint density at radius 3 is 2.59 bits per heavy atom. The van der Waals surface area contributed by atoms with E-state index in [0.29, 0.717) is 18.1 Å². The number of ether oxygens (including phenoxy) is 1. The van der Waals surface area contributed by atoms with Crippen LogP contribution in [0.2, 0.25) is 0 Å². The standard InChI is InChI=1S/C20H24F2N4O3/c1-20(2,3)29-19(28)25-17-10-26(18-23-7-12(11-27)8-24-18)9-15(17)14-6-13(21)4-5-16(14)22/h4-8,15,17,27H,9-11H2,1-3H3,(H,25,28). The Kier molecular flexibility index (Phi) is 5.97. The molecule has 2 heterocycles. The number of nitrogens with one attached hydrogen (secondary N) is 1. The van der Waals surface area contributed by atoms with Crippen molar-refractivity contribution in [1.29, 1.82) is 0 Å². The highest BCUT2D eigenvalue weighted by Gasteiger charge is 2.38. The Morgan fingerprint density at radius 1 is 1.28 bits per heavy atom. The Hall–Kier alpha value is -2.81.